The summed E-state index contributed by atoms with van der Waals surface area (Å²) in [7, 11) is 0. The maximum absolute atomic E-state index is 12.6. The van der Waals surface area contributed by atoms with E-state index in [0.29, 0.717) is 12.2 Å². The Hall–Kier alpha value is -3.32. The Morgan fingerprint density at radius 3 is 2.52 bits per heavy atom. The minimum atomic E-state index is -1.05. The molecule has 0 spiro atoms. The predicted octanol–water partition coefficient (Wildman–Crippen LogP) is 6.43. The normalized spacial score (nSPS) is 15.8. The van der Waals surface area contributed by atoms with Gasteiger partial charge in [-0.05, 0) is 100 Å². The summed E-state index contributed by atoms with van der Waals surface area (Å²) in [6, 6.07) is 10.4. The molecule has 1 fully saturated rings. The van der Waals surface area contributed by atoms with Crippen LogP contribution in [0.2, 0.25) is 0 Å². The van der Waals surface area contributed by atoms with E-state index in [1.165, 1.54) is 30.4 Å². The van der Waals surface area contributed by atoms with Gasteiger partial charge in [-0.2, -0.15) is 0 Å². The van der Waals surface area contributed by atoms with Crippen LogP contribution in [-0.2, 0) is 17.9 Å². The molecule has 0 saturated carbocycles. The maximum Gasteiger partial charge on any atom is 0.310 e. The molecular formula is C33H47N5O2. The quantitative estimate of drug-likeness (QED) is 0.240. The molecular weight excluding hydrogens is 498 g/mol. The molecule has 1 aliphatic heterocycles. The third-order valence-electron chi connectivity index (χ3n) is 9.01. The summed E-state index contributed by atoms with van der Waals surface area (Å²) >= 11 is 0. The van der Waals surface area contributed by atoms with Crippen molar-refractivity contribution in [3.05, 3.63) is 76.4 Å². The Morgan fingerprint density at radius 1 is 1.15 bits per heavy atom. The smallest absolute Gasteiger partial charge is 0.310 e. The predicted molar refractivity (Wildman–Crippen MR) is 164 cm³/mol. The second kappa shape index (κ2) is 12.5. The topological polar surface area (TPSA) is 96.4 Å². The molecule has 0 amide bonds. The summed E-state index contributed by atoms with van der Waals surface area (Å²) < 4.78 is 2.24. The van der Waals surface area contributed by atoms with Gasteiger partial charge in [0.2, 0.25) is 0 Å². The van der Waals surface area contributed by atoms with Gasteiger partial charge in [-0.1, -0.05) is 37.6 Å². The van der Waals surface area contributed by atoms with Crippen molar-refractivity contribution in [3.8, 4) is 0 Å². The van der Waals surface area contributed by atoms with Crippen molar-refractivity contribution in [2.75, 3.05) is 30.7 Å². The lowest BCUT2D eigenvalue weighted by atomic mass is 9.69. The Balaban J connectivity index is 1.67. The molecule has 216 valence electrons. The third kappa shape index (κ3) is 6.20. The van der Waals surface area contributed by atoms with Gasteiger partial charge in [-0.3, -0.25) is 9.69 Å². The lowest BCUT2D eigenvalue weighted by Gasteiger charge is -2.33. The molecule has 0 bridgehead atoms. The first-order chi connectivity index (χ1) is 19.1. The molecule has 7 nitrogen and oxygen atoms in total. The van der Waals surface area contributed by atoms with Gasteiger partial charge in [0.05, 0.1) is 23.3 Å². The molecule has 3 aromatic rings. The Kier molecular flexibility index (Phi) is 9.24. The lowest BCUT2D eigenvalue weighted by Crippen LogP contribution is -2.34. The number of imidazole rings is 1. The summed E-state index contributed by atoms with van der Waals surface area (Å²) in [6.07, 6.45) is 7.74. The molecule has 0 radical (unpaired) electrons. The van der Waals surface area contributed by atoms with Gasteiger partial charge in [0.15, 0.2) is 0 Å². The summed E-state index contributed by atoms with van der Waals surface area (Å²) in [5.41, 5.74) is 12.2. The number of nitrogens with one attached hydrogen (secondary N) is 1. The number of hydrogen-bond acceptors (Lipinski definition) is 5. The molecule has 2 heterocycles. The first-order valence-electron chi connectivity index (χ1n) is 14.7. The van der Waals surface area contributed by atoms with Crippen LogP contribution in [0, 0.1) is 25.2 Å². The van der Waals surface area contributed by atoms with Crippen molar-refractivity contribution in [1.82, 2.24) is 14.5 Å². The van der Waals surface area contributed by atoms with Gasteiger partial charge in [0.1, 0.15) is 5.82 Å². The number of anilines is 2. The van der Waals surface area contributed by atoms with Gasteiger partial charge in [0.25, 0.3) is 0 Å². The number of nitrogen functional groups attached to an aromatic ring is 1. The van der Waals surface area contributed by atoms with Crippen LogP contribution in [-0.4, -0.2) is 45.2 Å². The molecule has 2 aromatic carbocycles. The van der Waals surface area contributed by atoms with Crippen molar-refractivity contribution in [2.45, 2.75) is 79.8 Å². The van der Waals surface area contributed by atoms with Crippen molar-refractivity contribution in [1.29, 1.82) is 0 Å². The van der Waals surface area contributed by atoms with E-state index in [2.05, 4.69) is 53.0 Å². The molecule has 40 heavy (non-hydrogen) atoms. The third-order valence-corrected chi connectivity index (χ3v) is 9.01. The zero-order valence-electron chi connectivity index (χ0n) is 25.1. The number of likely N-dealkylation sites (tertiary alicyclic amines) is 1. The number of hydrogen-bond donors (Lipinski definition) is 3. The number of carboxylic acid groups (broad SMARTS) is 1. The Morgan fingerprint density at radius 2 is 1.88 bits per heavy atom. The summed E-state index contributed by atoms with van der Waals surface area (Å²) in [4.78, 5) is 19.8. The molecule has 4 rings (SSSR count). The second-order valence-electron chi connectivity index (χ2n) is 12.0. The molecule has 0 aliphatic carbocycles. The summed E-state index contributed by atoms with van der Waals surface area (Å²) in [5.74, 6) is 0.717. The fourth-order valence-electron chi connectivity index (χ4n) is 6.12. The van der Waals surface area contributed by atoms with E-state index in [1.54, 1.807) is 0 Å². The van der Waals surface area contributed by atoms with Crippen LogP contribution in [0.15, 0.2) is 42.7 Å². The number of benzene rings is 2. The van der Waals surface area contributed by atoms with Crippen molar-refractivity contribution < 1.29 is 9.90 Å². The monoisotopic (exact) mass is 545 g/mol. The van der Waals surface area contributed by atoms with E-state index < -0.39 is 11.4 Å². The Labute approximate surface area is 239 Å². The van der Waals surface area contributed by atoms with Gasteiger partial charge in [-0.25, -0.2) is 4.98 Å². The highest BCUT2D eigenvalue weighted by Gasteiger charge is 2.40. The van der Waals surface area contributed by atoms with Crippen molar-refractivity contribution in [2.24, 2.45) is 11.3 Å². The highest BCUT2D eigenvalue weighted by atomic mass is 16.4. The van der Waals surface area contributed by atoms with E-state index in [-0.39, 0.29) is 5.92 Å². The van der Waals surface area contributed by atoms with E-state index >= 15 is 0 Å². The van der Waals surface area contributed by atoms with Gasteiger partial charge in [-0.15, -0.1) is 0 Å². The molecule has 4 N–H and O–H groups in total. The maximum atomic E-state index is 12.6. The van der Waals surface area contributed by atoms with Crippen molar-refractivity contribution in [3.63, 3.8) is 0 Å². The van der Waals surface area contributed by atoms with Crippen LogP contribution in [0.4, 0.5) is 11.4 Å². The van der Waals surface area contributed by atoms with E-state index in [0.717, 1.165) is 60.3 Å². The zero-order valence-corrected chi connectivity index (χ0v) is 25.1. The zero-order chi connectivity index (χ0) is 29.0. The van der Waals surface area contributed by atoms with Crippen LogP contribution in [0.5, 0.6) is 0 Å². The summed E-state index contributed by atoms with van der Waals surface area (Å²) in [5, 5.41) is 13.6. The van der Waals surface area contributed by atoms with Crippen molar-refractivity contribution >= 4 is 17.3 Å². The fraction of sp³-hybridized carbons (Fsp3) is 0.515. The number of carbonyl (C=O) groups is 1. The largest absolute Gasteiger partial charge is 0.481 e. The fourth-order valence-corrected chi connectivity index (χ4v) is 6.12. The number of rotatable bonds is 11. The number of piperidine rings is 1. The Bertz CT molecular complexity index is 1320. The van der Waals surface area contributed by atoms with E-state index in [4.69, 9.17) is 10.7 Å². The lowest BCUT2D eigenvalue weighted by molar-refractivity contribution is -0.147. The van der Waals surface area contributed by atoms with Gasteiger partial charge < -0.3 is 20.7 Å². The molecule has 1 atom stereocenters. The summed E-state index contributed by atoms with van der Waals surface area (Å²) in [6.45, 7) is 16.6. The number of nitrogens with two attached hydrogens (primary N) is 1. The number of aryl methyl sites for hydroxylation is 1. The molecule has 1 aromatic heterocycles. The first-order valence-corrected chi connectivity index (χ1v) is 14.7. The minimum Gasteiger partial charge on any atom is -0.481 e. The average Bonchev–Trinajstić information content (AvgIpc) is 3.36. The molecule has 1 unspecified atom stereocenters. The van der Waals surface area contributed by atoms with Crippen LogP contribution in [0.25, 0.3) is 0 Å². The molecule has 7 heteroatoms. The SMILES string of the molecule is CCNc1ccc(C(c2ccc(C)c(Cn3ccnc3CN3CCC(CC)CC3)c2)C(C)(C)C(=O)O)c(C)c1N. The molecule has 1 saturated heterocycles. The standard InChI is InChI=1S/C33H47N5O2/c1-7-24-13-16-37(17-14-24)21-29-36-15-18-38(29)20-26-19-25(10-9-22(26)3)30(33(5,6)32(39)40)27-11-12-28(35-8-2)31(34)23(27)4/h9-12,15,18-19,24,30,35H,7-8,13-14,16-17,20-21,34H2,1-6H3,(H,39,40). The molecule has 1 aliphatic rings. The van der Waals surface area contributed by atoms with Gasteiger partial charge in [0, 0.05) is 31.4 Å². The minimum absolute atomic E-state index is 0.371. The van der Waals surface area contributed by atoms with E-state index in [9.17, 15) is 9.90 Å². The van der Waals surface area contributed by atoms with Crippen LogP contribution >= 0.6 is 0 Å². The highest BCUT2D eigenvalue weighted by molar-refractivity contribution is 5.78. The van der Waals surface area contributed by atoms with Crippen LogP contribution in [0.3, 0.4) is 0 Å². The van der Waals surface area contributed by atoms with E-state index in [1.807, 2.05) is 46.0 Å². The second-order valence-corrected chi connectivity index (χ2v) is 12.0. The van der Waals surface area contributed by atoms with Gasteiger partial charge >= 0.3 is 5.97 Å². The average molecular weight is 546 g/mol. The van der Waals surface area contributed by atoms with Crippen LogP contribution < -0.4 is 11.1 Å². The first kappa shape index (κ1) is 29.7. The van der Waals surface area contributed by atoms with Crippen LogP contribution in [0.1, 0.15) is 86.5 Å². The number of carboxylic acids is 1. The number of nitrogens with zero attached hydrogens (tertiary/aromatic N) is 3. The highest BCUT2D eigenvalue weighted by Crippen LogP contribution is 2.45. The number of aliphatic carboxylic acids is 1. The number of aromatic nitrogens is 2.